The number of carbonyl (C=O) groups excluding carboxylic acids is 1. The van der Waals surface area contributed by atoms with Gasteiger partial charge in [0, 0.05) is 32.6 Å². The number of alkyl halides is 6. The van der Waals surface area contributed by atoms with Crippen LogP contribution in [0.3, 0.4) is 0 Å². The molecule has 0 radical (unpaired) electrons. The van der Waals surface area contributed by atoms with Crippen LogP contribution < -0.4 is 15.0 Å². The molecule has 0 unspecified atom stereocenters. The minimum Gasteiger partial charge on any atom is -0.456 e. The summed E-state index contributed by atoms with van der Waals surface area (Å²) in [7, 11) is 1.35. The third-order valence-corrected chi connectivity index (χ3v) is 5.82. The zero-order valence-electron chi connectivity index (χ0n) is 20.1. The van der Waals surface area contributed by atoms with Crippen LogP contribution >= 0.6 is 0 Å². The Bertz CT molecular complexity index is 1260. The number of para-hydroxylation sites is 1. The van der Waals surface area contributed by atoms with Crippen molar-refractivity contribution in [1.82, 2.24) is 10.3 Å². The Morgan fingerprint density at radius 3 is 2.13 bits per heavy atom. The molecular formula is C26H23F6N3O3. The number of halogens is 6. The Morgan fingerprint density at radius 2 is 1.58 bits per heavy atom. The van der Waals surface area contributed by atoms with E-state index >= 15 is 0 Å². The number of nitrogens with zero attached hydrogens (tertiary/aromatic N) is 2. The average Bonchev–Trinajstić information content (AvgIpc) is 2.88. The summed E-state index contributed by atoms with van der Waals surface area (Å²) in [4.78, 5) is 19.3. The molecule has 1 aromatic heterocycles. The van der Waals surface area contributed by atoms with Gasteiger partial charge >= 0.3 is 12.4 Å². The van der Waals surface area contributed by atoms with E-state index in [-0.39, 0.29) is 28.6 Å². The first-order valence-corrected chi connectivity index (χ1v) is 11.6. The number of hydrogen-bond donors (Lipinski definition) is 1. The molecule has 1 saturated heterocycles. The first-order chi connectivity index (χ1) is 18.0. The van der Waals surface area contributed by atoms with Crippen LogP contribution in [0, 0.1) is 0 Å². The molecule has 0 bridgehead atoms. The molecule has 1 fully saturated rings. The summed E-state index contributed by atoms with van der Waals surface area (Å²) in [6.45, 7) is 1.67. The zero-order valence-corrected chi connectivity index (χ0v) is 20.1. The number of pyridine rings is 1. The predicted octanol–water partition coefficient (Wildman–Crippen LogP) is 5.70. The van der Waals surface area contributed by atoms with Crippen LogP contribution in [0.1, 0.15) is 32.7 Å². The van der Waals surface area contributed by atoms with Crippen molar-refractivity contribution in [2.24, 2.45) is 0 Å². The number of anilines is 1. The Hall–Kier alpha value is -3.80. The Kier molecular flexibility index (Phi) is 7.81. The highest BCUT2D eigenvalue weighted by Gasteiger charge is 2.37. The van der Waals surface area contributed by atoms with Crippen molar-refractivity contribution in [3.63, 3.8) is 0 Å². The second-order valence-corrected chi connectivity index (χ2v) is 8.48. The fourth-order valence-electron chi connectivity index (χ4n) is 4.02. The summed E-state index contributed by atoms with van der Waals surface area (Å²) >= 11 is 0. The van der Waals surface area contributed by atoms with Crippen molar-refractivity contribution < 1.29 is 40.6 Å². The molecule has 2 heterocycles. The van der Waals surface area contributed by atoms with E-state index in [2.05, 4.69) is 10.3 Å². The van der Waals surface area contributed by atoms with Crippen LogP contribution in [0.4, 0.5) is 32.2 Å². The van der Waals surface area contributed by atoms with Crippen molar-refractivity contribution in [2.75, 3.05) is 38.3 Å². The van der Waals surface area contributed by atoms with Gasteiger partial charge in [-0.05, 0) is 35.9 Å². The first-order valence-electron chi connectivity index (χ1n) is 11.6. The normalized spacial score (nSPS) is 14.3. The van der Waals surface area contributed by atoms with E-state index in [1.54, 1.807) is 30.3 Å². The maximum Gasteiger partial charge on any atom is 0.416 e. The van der Waals surface area contributed by atoms with Gasteiger partial charge in [0.05, 0.1) is 30.0 Å². The number of amides is 1. The summed E-state index contributed by atoms with van der Waals surface area (Å²) < 4.78 is 92.1. The Morgan fingerprint density at radius 1 is 0.974 bits per heavy atom. The van der Waals surface area contributed by atoms with Gasteiger partial charge < -0.3 is 19.7 Å². The molecule has 3 aromatic rings. The topological polar surface area (TPSA) is 63.7 Å². The molecule has 12 heteroatoms. The zero-order chi connectivity index (χ0) is 27.5. The smallest absolute Gasteiger partial charge is 0.416 e. The summed E-state index contributed by atoms with van der Waals surface area (Å²) in [5, 5.41) is 2.45. The van der Waals surface area contributed by atoms with Crippen LogP contribution in [-0.2, 0) is 23.5 Å². The Balaban J connectivity index is 1.88. The lowest BCUT2D eigenvalue weighted by Gasteiger charge is -2.29. The predicted molar refractivity (Wildman–Crippen MR) is 126 cm³/mol. The van der Waals surface area contributed by atoms with Gasteiger partial charge in [-0.15, -0.1) is 0 Å². The molecule has 0 saturated carbocycles. The molecule has 1 amide bonds. The number of hydrogen-bond acceptors (Lipinski definition) is 5. The third-order valence-electron chi connectivity index (χ3n) is 5.82. The van der Waals surface area contributed by atoms with Crippen LogP contribution in [0.15, 0.2) is 54.6 Å². The van der Waals surface area contributed by atoms with Gasteiger partial charge in [0.15, 0.2) is 0 Å². The Labute approximate surface area is 214 Å². The molecule has 2 aromatic carbocycles. The van der Waals surface area contributed by atoms with E-state index in [9.17, 15) is 31.1 Å². The molecule has 0 spiro atoms. The minimum atomic E-state index is -5.01. The fourth-order valence-corrected chi connectivity index (χ4v) is 4.02. The lowest BCUT2D eigenvalue weighted by atomic mass is 9.98. The van der Waals surface area contributed by atoms with Crippen molar-refractivity contribution in [1.29, 1.82) is 0 Å². The number of morpholine rings is 1. The molecule has 38 heavy (non-hydrogen) atoms. The van der Waals surface area contributed by atoms with E-state index < -0.39 is 35.8 Å². The molecule has 0 aliphatic carbocycles. The molecule has 4 rings (SSSR count). The highest BCUT2D eigenvalue weighted by molar-refractivity contribution is 5.98. The van der Waals surface area contributed by atoms with Crippen LogP contribution in [-0.4, -0.2) is 44.2 Å². The second-order valence-electron chi connectivity index (χ2n) is 8.48. The van der Waals surface area contributed by atoms with Gasteiger partial charge in [0.2, 0.25) is 0 Å². The molecule has 6 nitrogen and oxygen atoms in total. The molecule has 202 valence electrons. The maximum atomic E-state index is 13.5. The van der Waals surface area contributed by atoms with Crippen LogP contribution in [0.25, 0.3) is 0 Å². The lowest BCUT2D eigenvalue weighted by Crippen LogP contribution is -2.37. The monoisotopic (exact) mass is 539 g/mol. The van der Waals surface area contributed by atoms with E-state index in [1.165, 1.54) is 13.1 Å². The number of rotatable bonds is 6. The molecule has 1 N–H and O–H groups in total. The standard InChI is InChI=1S/C26H23F6N3O3/c1-33-24(36)23-20(13-16-11-17(25(27,28)29)14-18(12-16)26(30,31)32)34-22(35-7-9-37-10-8-35)15-21(23)38-19-5-3-2-4-6-19/h2-6,11-12,14-15H,7-10,13H2,1H3,(H,33,36). The SMILES string of the molecule is CNC(=O)c1c(Oc2ccccc2)cc(N2CCOCC2)nc1Cc1cc(C(F)(F)F)cc(C(F)(F)F)c1. The largest absolute Gasteiger partial charge is 0.456 e. The summed E-state index contributed by atoms with van der Waals surface area (Å²) in [5.41, 5.74) is -3.34. The van der Waals surface area contributed by atoms with E-state index in [0.717, 1.165) is 0 Å². The van der Waals surface area contributed by atoms with Crippen molar-refractivity contribution in [2.45, 2.75) is 18.8 Å². The summed E-state index contributed by atoms with van der Waals surface area (Å²) in [6, 6.07) is 11.3. The van der Waals surface area contributed by atoms with Crippen molar-refractivity contribution in [3.05, 3.63) is 82.5 Å². The van der Waals surface area contributed by atoms with Gasteiger partial charge in [0.1, 0.15) is 22.9 Å². The molecule has 1 aliphatic heterocycles. The minimum absolute atomic E-state index is 0.0354. The molecule has 1 aliphatic rings. The first kappa shape index (κ1) is 27.2. The van der Waals surface area contributed by atoms with E-state index in [0.29, 0.717) is 50.0 Å². The molecular weight excluding hydrogens is 516 g/mol. The number of carbonyl (C=O) groups is 1. The highest BCUT2D eigenvalue weighted by Crippen LogP contribution is 2.38. The van der Waals surface area contributed by atoms with E-state index in [4.69, 9.17) is 9.47 Å². The van der Waals surface area contributed by atoms with Gasteiger partial charge in [-0.1, -0.05) is 18.2 Å². The average molecular weight is 539 g/mol. The number of benzene rings is 2. The van der Waals surface area contributed by atoms with E-state index in [1.807, 2.05) is 4.90 Å². The maximum absolute atomic E-state index is 13.5. The lowest BCUT2D eigenvalue weighted by molar-refractivity contribution is -0.143. The number of ether oxygens (including phenoxy) is 2. The van der Waals surface area contributed by atoms with Gasteiger partial charge in [-0.25, -0.2) is 4.98 Å². The summed E-state index contributed by atoms with van der Waals surface area (Å²) in [5.74, 6) is 0.131. The van der Waals surface area contributed by atoms with Crippen molar-refractivity contribution in [3.8, 4) is 11.5 Å². The van der Waals surface area contributed by atoms with Gasteiger partial charge in [-0.3, -0.25) is 4.79 Å². The highest BCUT2D eigenvalue weighted by atomic mass is 19.4. The van der Waals surface area contributed by atoms with Gasteiger partial charge in [0.25, 0.3) is 5.91 Å². The second kappa shape index (κ2) is 10.9. The number of aromatic nitrogens is 1. The van der Waals surface area contributed by atoms with Crippen LogP contribution in [0.2, 0.25) is 0 Å². The summed E-state index contributed by atoms with van der Waals surface area (Å²) in [6.07, 6.45) is -10.5. The van der Waals surface area contributed by atoms with Crippen molar-refractivity contribution >= 4 is 11.7 Å². The van der Waals surface area contributed by atoms with Gasteiger partial charge in [-0.2, -0.15) is 26.3 Å². The third kappa shape index (κ3) is 6.36. The number of nitrogens with one attached hydrogen (secondary N) is 1. The molecule has 0 atom stereocenters. The van der Waals surface area contributed by atoms with Crippen LogP contribution in [0.5, 0.6) is 11.5 Å². The quantitative estimate of drug-likeness (QED) is 0.408. The fraction of sp³-hybridized carbons (Fsp3) is 0.308.